The summed E-state index contributed by atoms with van der Waals surface area (Å²) in [5, 5.41) is 10.5. The van der Waals surface area contributed by atoms with Crippen molar-refractivity contribution in [2.45, 2.75) is 56.7 Å². The monoisotopic (exact) mass is 254 g/mol. The molecule has 0 aromatic rings. The van der Waals surface area contributed by atoms with Crippen molar-refractivity contribution in [3.63, 3.8) is 0 Å². The Bertz CT molecular complexity index is 344. The Morgan fingerprint density at radius 3 is 2.35 bits per heavy atom. The molecule has 1 saturated heterocycles. The maximum Gasteiger partial charge on any atom is 0.172 e. The maximum atomic E-state index is 10.5. The van der Waals surface area contributed by atoms with Crippen LogP contribution in [0.15, 0.2) is 0 Å². The number of rotatable bonds is 0. The van der Waals surface area contributed by atoms with E-state index < -0.39 is 19.5 Å². The van der Waals surface area contributed by atoms with Crippen LogP contribution in [0.2, 0.25) is 19.6 Å². The largest absolute Gasteiger partial charge is 0.377 e. The van der Waals surface area contributed by atoms with Gasteiger partial charge in [0.1, 0.15) is 13.7 Å². The summed E-state index contributed by atoms with van der Waals surface area (Å²) < 4.78 is 11.3. The van der Waals surface area contributed by atoms with Crippen LogP contribution < -0.4 is 0 Å². The van der Waals surface area contributed by atoms with Gasteiger partial charge in [-0.05, 0) is 12.8 Å². The van der Waals surface area contributed by atoms with E-state index in [-0.39, 0.29) is 0 Å². The molecule has 2 aliphatic rings. The van der Waals surface area contributed by atoms with Gasteiger partial charge in [-0.1, -0.05) is 25.6 Å². The Labute approximate surface area is 105 Å². The molecule has 2 fully saturated rings. The molecule has 1 heterocycles. The zero-order valence-corrected chi connectivity index (χ0v) is 12.0. The molecular weight excluding hydrogens is 232 g/mol. The third kappa shape index (κ3) is 3.32. The minimum absolute atomic E-state index is 0.498. The molecule has 0 bridgehead atoms. The lowest BCUT2D eigenvalue weighted by molar-refractivity contribution is -0.206. The van der Waals surface area contributed by atoms with Crippen LogP contribution in [0.1, 0.15) is 25.7 Å². The van der Waals surface area contributed by atoms with Gasteiger partial charge in [0.05, 0.1) is 13.2 Å². The van der Waals surface area contributed by atoms with Crippen LogP contribution >= 0.6 is 0 Å². The van der Waals surface area contributed by atoms with E-state index in [9.17, 15) is 5.11 Å². The summed E-state index contributed by atoms with van der Waals surface area (Å²) in [4.78, 5) is 0. The van der Waals surface area contributed by atoms with E-state index >= 15 is 0 Å². The molecule has 3 nitrogen and oxygen atoms in total. The predicted octanol–water partition coefficient (Wildman–Crippen LogP) is 1.92. The standard InChI is InChI=1S/C13H22O3Si/c1-17(2,3)10-7-12(14)5-4-6-13(11-12)15-8-9-16-13/h14H,4-6,8-9,11H2,1-3H3. The van der Waals surface area contributed by atoms with Gasteiger partial charge in [0, 0.05) is 12.8 Å². The van der Waals surface area contributed by atoms with E-state index in [0.717, 1.165) is 19.3 Å². The van der Waals surface area contributed by atoms with Crippen molar-refractivity contribution >= 4 is 8.07 Å². The van der Waals surface area contributed by atoms with E-state index in [0.29, 0.717) is 19.6 Å². The average molecular weight is 254 g/mol. The number of aliphatic hydroxyl groups is 1. The van der Waals surface area contributed by atoms with Gasteiger partial charge in [0.2, 0.25) is 0 Å². The van der Waals surface area contributed by atoms with Crippen LogP contribution in [0, 0.1) is 11.5 Å². The molecular formula is C13H22O3Si. The SMILES string of the molecule is C[Si](C)(C)C#CC1(O)CCCC2(C1)OCCO2. The zero-order valence-electron chi connectivity index (χ0n) is 11.0. The molecule has 1 saturated carbocycles. The zero-order chi connectivity index (χ0) is 12.6. The molecule has 0 radical (unpaired) electrons. The van der Waals surface area contributed by atoms with Crippen LogP contribution in [0.4, 0.5) is 0 Å². The second kappa shape index (κ2) is 4.40. The fourth-order valence-electron chi connectivity index (χ4n) is 2.43. The molecule has 1 atom stereocenters. The van der Waals surface area contributed by atoms with E-state index in [1.54, 1.807) is 0 Å². The highest BCUT2D eigenvalue weighted by Crippen LogP contribution is 2.40. The lowest BCUT2D eigenvalue weighted by atomic mass is 9.81. The van der Waals surface area contributed by atoms with Gasteiger partial charge in [-0.3, -0.25) is 0 Å². The quantitative estimate of drug-likeness (QED) is 0.530. The normalized spacial score (nSPS) is 32.2. The fourth-order valence-corrected chi connectivity index (χ4v) is 3.03. The van der Waals surface area contributed by atoms with E-state index in [4.69, 9.17) is 9.47 Å². The van der Waals surface area contributed by atoms with E-state index in [2.05, 4.69) is 31.1 Å². The second-order valence-electron chi connectivity index (χ2n) is 6.17. The van der Waals surface area contributed by atoms with Gasteiger partial charge in [0.25, 0.3) is 0 Å². The number of hydrogen-bond donors (Lipinski definition) is 1. The molecule has 2 rings (SSSR count). The maximum absolute atomic E-state index is 10.5. The number of ether oxygens (including phenoxy) is 2. The summed E-state index contributed by atoms with van der Waals surface area (Å²) in [6.45, 7) is 7.83. The average Bonchev–Trinajstić information content (AvgIpc) is 2.62. The van der Waals surface area contributed by atoms with Gasteiger partial charge in [-0.15, -0.1) is 5.54 Å². The lowest BCUT2D eigenvalue weighted by Crippen LogP contribution is -2.46. The van der Waals surface area contributed by atoms with Gasteiger partial charge in [0.15, 0.2) is 5.79 Å². The second-order valence-corrected chi connectivity index (χ2v) is 10.9. The lowest BCUT2D eigenvalue weighted by Gasteiger charge is -2.39. The van der Waals surface area contributed by atoms with Gasteiger partial charge < -0.3 is 14.6 Å². The minimum atomic E-state index is -1.44. The molecule has 1 aliphatic heterocycles. The van der Waals surface area contributed by atoms with Crippen molar-refractivity contribution in [1.29, 1.82) is 0 Å². The summed E-state index contributed by atoms with van der Waals surface area (Å²) >= 11 is 0. The first-order chi connectivity index (χ1) is 7.83. The summed E-state index contributed by atoms with van der Waals surface area (Å²) in [6, 6.07) is 0. The van der Waals surface area contributed by atoms with Gasteiger partial charge in [-0.25, -0.2) is 0 Å². The molecule has 4 heteroatoms. The summed E-state index contributed by atoms with van der Waals surface area (Å²) in [5.74, 6) is 2.54. The first kappa shape index (κ1) is 13.1. The van der Waals surface area contributed by atoms with Crippen LogP contribution in [-0.4, -0.2) is 37.8 Å². The Hall–Kier alpha value is -0.343. The van der Waals surface area contributed by atoms with Crippen LogP contribution in [-0.2, 0) is 9.47 Å². The molecule has 1 N–H and O–H groups in total. The molecule has 0 aromatic heterocycles. The van der Waals surface area contributed by atoms with Crippen molar-refractivity contribution < 1.29 is 14.6 Å². The van der Waals surface area contributed by atoms with E-state index in [1.807, 2.05) is 0 Å². The summed E-state index contributed by atoms with van der Waals surface area (Å²) in [7, 11) is -1.44. The highest BCUT2D eigenvalue weighted by Gasteiger charge is 2.47. The smallest absolute Gasteiger partial charge is 0.172 e. The minimum Gasteiger partial charge on any atom is -0.377 e. The molecule has 1 unspecified atom stereocenters. The third-order valence-electron chi connectivity index (χ3n) is 3.19. The van der Waals surface area contributed by atoms with Crippen molar-refractivity contribution in [3.05, 3.63) is 0 Å². The third-order valence-corrected chi connectivity index (χ3v) is 4.07. The van der Waals surface area contributed by atoms with Crippen molar-refractivity contribution in [2.75, 3.05) is 13.2 Å². The topological polar surface area (TPSA) is 38.7 Å². The molecule has 96 valence electrons. The van der Waals surface area contributed by atoms with E-state index in [1.165, 1.54) is 0 Å². The van der Waals surface area contributed by atoms with Crippen LogP contribution in [0.5, 0.6) is 0 Å². The highest BCUT2D eigenvalue weighted by molar-refractivity contribution is 6.83. The number of hydrogen-bond acceptors (Lipinski definition) is 3. The Morgan fingerprint density at radius 1 is 1.12 bits per heavy atom. The molecule has 17 heavy (non-hydrogen) atoms. The Kier molecular flexibility index (Phi) is 3.39. The van der Waals surface area contributed by atoms with Gasteiger partial charge in [-0.2, -0.15) is 0 Å². The van der Waals surface area contributed by atoms with Crippen molar-refractivity contribution in [2.24, 2.45) is 0 Å². The molecule has 1 spiro atoms. The highest BCUT2D eigenvalue weighted by atomic mass is 28.3. The molecule has 1 aliphatic carbocycles. The van der Waals surface area contributed by atoms with Crippen LogP contribution in [0.3, 0.4) is 0 Å². The Morgan fingerprint density at radius 2 is 1.76 bits per heavy atom. The van der Waals surface area contributed by atoms with Crippen molar-refractivity contribution in [1.82, 2.24) is 0 Å². The first-order valence-electron chi connectivity index (χ1n) is 6.37. The predicted molar refractivity (Wildman–Crippen MR) is 69.2 cm³/mol. The molecule has 0 amide bonds. The Balaban J connectivity index is 2.11. The van der Waals surface area contributed by atoms with Crippen LogP contribution in [0.25, 0.3) is 0 Å². The fraction of sp³-hybridized carbons (Fsp3) is 0.846. The summed E-state index contributed by atoms with van der Waals surface area (Å²) in [5.41, 5.74) is 2.35. The first-order valence-corrected chi connectivity index (χ1v) is 9.87. The molecule has 0 aromatic carbocycles. The van der Waals surface area contributed by atoms with Crippen molar-refractivity contribution in [3.8, 4) is 11.5 Å². The summed E-state index contributed by atoms with van der Waals surface area (Å²) in [6.07, 6.45) is 3.03. The van der Waals surface area contributed by atoms with Gasteiger partial charge >= 0.3 is 0 Å².